The molecule has 3 aromatic rings. The van der Waals surface area contributed by atoms with Gasteiger partial charge in [0.15, 0.2) is 0 Å². The van der Waals surface area contributed by atoms with Gasteiger partial charge in [0.2, 0.25) is 9.97 Å². The fourth-order valence-electron chi connectivity index (χ4n) is 1.64. The van der Waals surface area contributed by atoms with E-state index < -0.39 is 17.9 Å². The van der Waals surface area contributed by atoms with E-state index in [0.29, 0.717) is 26.6 Å². The van der Waals surface area contributed by atoms with Crippen molar-refractivity contribution in [1.82, 2.24) is 19.8 Å². The lowest BCUT2D eigenvalue weighted by molar-refractivity contribution is -0.146. The number of hydrogen-bond donors (Lipinski definition) is 1. The van der Waals surface area contributed by atoms with Gasteiger partial charge < -0.3 is 5.32 Å². The van der Waals surface area contributed by atoms with E-state index in [9.17, 15) is 18.0 Å². The van der Waals surface area contributed by atoms with Crippen molar-refractivity contribution in [3.63, 3.8) is 0 Å². The summed E-state index contributed by atoms with van der Waals surface area (Å²) >= 11 is 12.2. The van der Waals surface area contributed by atoms with E-state index in [4.69, 9.17) is 23.2 Å². The number of nitrogens with one attached hydrogen (secondary N) is 1. The molecule has 120 valence electrons. The van der Waals surface area contributed by atoms with Crippen molar-refractivity contribution >= 4 is 51.1 Å². The second kappa shape index (κ2) is 5.62. The highest BCUT2D eigenvalue weighted by Gasteiger charge is 2.38. The molecule has 0 unspecified atom stereocenters. The van der Waals surface area contributed by atoms with E-state index in [2.05, 4.69) is 20.6 Å². The Morgan fingerprint density at radius 2 is 1.96 bits per heavy atom. The fraction of sp³-hybridized carbons (Fsp3) is 0.0909. The van der Waals surface area contributed by atoms with Gasteiger partial charge in [-0.3, -0.25) is 4.79 Å². The number of halogens is 5. The van der Waals surface area contributed by atoms with Gasteiger partial charge in [-0.15, -0.1) is 15.3 Å². The van der Waals surface area contributed by atoms with Crippen LogP contribution in [-0.2, 0) is 6.18 Å². The maximum absolute atomic E-state index is 12.7. The third-order valence-electron chi connectivity index (χ3n) is 2.62. The minimum Gasteiger partial charge on any atom is -0.320 e. The number of benzene rings is 1. The van der Waals surface area contributed by atoms with Crippen LogP contribution in [0.2, 0.25) is 10.0 Å². The first-order valence-corrected chi connectivity index (χ1v) is 7.39. The lowest BCUT2D eigenvalue weighted by Gasteiger charge is -2.04. The van der Waals surface area contributed by atoms with Gasteiger partial charge in [0.25, 0.3) is 11.7 Å². The fourth-order valence-corrected chi connectivity index (χ4v) is 2.68. The molecule has 0 saturated carbocycles. The molecule has 0 radical (unpaired) electrons. The number of hydrogen-bond acceptors (Lipinski definition) is 5. The molecule has 12 heteroatoms. The Balaban J connectivity index is 1.89. The van der Waals surface area contributed by atoms with Crippen molar-refractivity contribution in [1.29, 1.82) is 0 Å². The molecule has 0 bridgehead atoms. The zero-order chi connectivity index (χ0) is 16.8. The maximum Gasteiger partial charge on any atom is 0.453 e. The van der Waals surface area contributed by atoms with Gasteiger partial charge in [-0.25, -0.2) is 0 Å². The Hall–Kier alpha value is -1.91. The average Bonchev–Trinajstić information content (AvgIpc) is 3.01. The molecule has 0 saturated heterocycles. The molecule has 0 aliphatic heterocycles. The third-order valence-corrected chi connectivity index (χ3v) is 4.25. The highest BCUT2D eigenvalue weighted by atomic mass is 35.5. The zero-order valence-electron chi connectivity index (χ0n) is 10.7. The Bertz CT molecular complexity index is 907. The van der Waals surface area contributed by atoms with Crippen LogP contribution in [0.4, 0.5) is 18.9 Å². The monoisotopic (exact) mass is 381 g/mol. The summed E-state index contributed by atoms with van der Waals surface area (Å²) in [5.74, 6) is -2.00. The summed E-state index contributed by atoms with van der Waals surface area (Å²) in [5, 5.41) is 12.7. The van der Waals surface area contributed by atoms with E-state index >= 15 is 0 Å². The van der Waals surface area contributed by atoms with Crippen LogP contribution in [0.25, 0.3) is 4.96 Å². The molecular formula is C11H4Cl2F3N5OS. The molecule has 1 aromatic carbocycles. The first-order chi connectivity index (χ1) is 10.8. The van der Waals surface area contributed by atoms with Crippen molar-refractivity contribution in [3.8, 4) is 0 Å². The summed E-state index contributed by atoms with van der Waals surface area (Å²) in [5.41, 5.74) is 0.325. The molecule has 0 fully saturated rings. The number of carbonyl (C=O) groups is 1. The number of rotatable bonds is 2. The molecule has 6 nitrogen and oxygen atoms in total. The molecule has 3 rings (SSSR count). The molecule has 0 atom stereocenters. The number of amides is 1. The minimum atomic E-state index is -4.72. The second-order valence-corrected chi connectivity index (χ2v) is 5.98. The summed E-state index contributed by atoms with van der Waals surface area (Å²) in [6.07, 6.45) is -4.72. The number of carbonyl (C=O) groups excluding carboxylic acids is 1. The predicted octanol–water partition coefficient (Wildman–Crippen LogP) is 3.76. The van der Waals surface area contributed by atoms with Gasteiger partial charge in [0.05, 0.1) is 10.0 Å². The summed E-state index contributed by atoms with van der Waals surface area (Å²) in [6.45, 7) is 0. The van der Waals surface area contributed by atoms with Crippen LogP contribution in [-0.4, -0.2) is 25.7 Å². The molecule has 2 heterocycles. The number of anilines is 1. The van der Waals surface area contributed by atoms with Crippen LogP contribution in [0.5, 0.6) is 0 Å². The first kappa shape index (κ1) is 16.0. The highest BCUT2D eigenvalue weighted by Crippen LogP contribution is 2.29. The largest absolute Gasteiger partial charge is 0.453 e. The molecule has 23 heavy (non-hydrogen) atoms. The SMILES string of the molecule is O=C(Nc1ccc(Cl)c(Cl)c1)c1nn2c(C(F)(F)F)nnc2s1. The van der Waals surface area contributed by atoms with E-state index in [1.165, 1.54) is 18.2 Å². The van der Waals surface area contributed by atoms with Crippen molar-refractivity contribution in [2.24, 2.45) is 0 Å². The Morgan fingerprint density at radius 3 is 2.61 bits per heavy atom. The quantitative estimate of drug-likeness (QED) is 0.733. The summed E-state index contributed by atoms with van der Waals surface area (Å²) in [7, 11) is 0. The third kappa shape index (κ3) is 3.09. The van der Waals surface area contributed by atoms with Crippen LogP contribution in [0.15, 0.2) is 18.2 Å². The van der Waals surface area contributed by atoms with Crippen LogP contribution >= 0.6 is 34.5 Å². The molecule has 0 aliphatic rings. The van der Waals surface area contributed by atoms with E-state index in [1.54, 1.807) is 0 Å². The standard InChI is InChI=1S/C11H4Cl2F3N5OS/c12-5-2-1-4(3-6(5)13)17-7(22)8-20-21-9(11(14,15)16)18-19-10(21)23-8/h1-3H,(H,17,22). The van der Waals surface area contributed by atoms with Gasteiger partial charge in [-0.1, -0.05) is 34.5 Å². The van der Waals surface area contributed by atoms with Crippen molar-refractivity contribution in [2.45, 2.75) is 6.18 Å². The molecule has 2 aromatic heterocycles. The van der Waals surface area contributed by atoms with Crippen LogP contribution < -0.4 is 5.32 Å². The minimum absolute atomic E-state index is 0.142. The van der Waals surface area contributed by atoms with Crippen molar-refractivity contribution in [2.75, 3.05) is 5.32 Å². The predicted molar refractivity (Wildman–Crippen MR) is 78.1 cm³/mol. The Morgan fingerprint density at radius 1 is 1.22 bits per heavy atom. The number of nitrogens with zero attached hydrogens (tertiary/aromatic N) is 4. The van der Waals surface area contributed by atoms with Gasteiger partial charge in [-0.2, -0.15) is 17.7 Å². The number of fused-ring (bicyclic) bond motifs is 1. The molecule has 0 spiro atoms. The van der Waals surface area contributed by atoms with Crippen LogP contribution in [0, 0.1) is 0 Å². The van der Waals surface area contributed by atoms with Gasteiger partial charge in [-0.05, 0) is 18.2 Å². The Kier molecular flexibility index (Phi) is 3.90. The lowest BCUT2D eigenvalue weighted by atomic mass is 10.3. The molecular weight excluding hydrogens is 378 g/mol. The molecule has 0 aliphatic carbocycles. The van der Waals surface area contributed by atoms with Gasteiger partial charge >= 0.3 is 6.18 Å². The Labute approximate surface area is 139 Å². The second-order valence-electron chi connectivity index (χ2n) is 4.21. The van der Waals surface area contributed by atoms with E-state index in [1.807, 2.05) is 0 Å². The average molecular weight is 382 g/mol. The zero-order valence-corrected chi connectivity index (χ0v) is 13.1. The lowest BCUT2D eigenvalue weighted by Crippen LogP contribution is -2.14. The van der Waals surface area contributed by atoms with E-state index in [0.717, 1.165) is 0 Å². The van der Waals surface area contributed by atoms with Crippen molar-refractivity contribution < 1.29 is 18.0 Å². The molecule has 1 N–H and O–H groups in total. The smallest absolute Gasteiger partial charge is 0.320 e. The number of alkyl halides is 3. The summed E-state index contributed by atoms with van der Waals surface area (Å²) in [4.78, 5) is 11.9. The molecule has 1 amide bonds. The summed E-state index contributed by atoms with van der Waals surface area (Å²) in [6, 6.07) is 4.37. The highest BCUT2D eigenvalue weighted by molar-refractivity contribution is 7.18. The van der Waals surface area contributed by atoms with Gasteiger partial charge in [0.1, 0.15) is 0 Å². The normalized spacial score (nSPS) is 11.9. The summed E-state index contributed by atoms with van der Waals surface area (Å²) < 4.78 is 38.6. The van der Waals surface area contributed by atoms with Gasteiger partial charge in [0, 0.05) is 5.69 Å². The van der Waals surface area contributed by atoms with E-state index in [-0.39, 0.29) is 15.0 Å². The topological polar surface area (TPSA) is 72.2 Å². The number of aromatic nitrogens is 4. The van der Waals surface area contributed by atoms with Crippen molar-refractivity contribution in [3.05, 3.63) is 39.1 Å². The maximum atomic E-state index is 12.7. The van der Waals surface area contributed by atoms with Crippen LogP contribution in [0.3, 0.4) is 0 Å². The van der Waals surface area contributed by atoms with Crippen LogP contribution in [0.1, 0.15) is 15.6 Å². The first-order valence-electron chi connectivity index (χ1n) is 5.81.